The van der Waals surface area contributed by atoms with Gasteiger partial charge in [-0.25, -0.2) is 0 Å². The SMILES string of the molecule is Cc1cc(C)c(OCC(=O)NCCCCCCC(=O)O)c(C)c1. The summed E-state index contributed by atoms with van der Waals surface area (Å²) in [6.07, 6.45) is 3.56. The van der Waals surface area contributed by atoms with Crippen LogP contribution in [0.15, 0.2) is 12.1 Å². The van der Waals surface area contributed by atoms with Crippen LogP contribution in [0, 0.1) is 20.8 Å². The van der Waals surface area contributed by atoms with Crippen LogP contribution in [0.5, 0.6) is 5.75 Å². The van der Waals surface area contributed by atoms with Gasteiger partial charge in [-0.2, -0.15) is 0 Å². The van der Waals surface area contributed by atoms with E-state index in [1.165, 1.54) is 5.56 Å². The molecule has 128 valence electrons. The second kappa shape index (κ2) is 9.87. The van der Waals surface area contributed by atoms with Gasteiger partial charge in [-0.3, -0.25) is 9.59 Å². The Labute approximate surface area is 138 Å². The van der Waals surface area contributed by atoms with Crippen LogP contribution < -0.4 is 10.1 Å². The first-order valence-electron chi connectivity index (χ1n) is 8.09. The largest absolute Gasteiger partial charge is 0.483 e. The summed E-state index contributed by atoms with van der Waals surface area (Å²) < 4.78 is 5.63. The number of hydrogen-bond donors (Lipinski definition) is 2. The maximum absolute atomic E-state index is 11.8. The summed E-state index contributed by atoms with van der Waals surface area (Å²) in [6, 6.07) is 4.08. The van der Waals surface area contributed by atoms with E-state index in [1.807, 2.05) is 32.9 Å². The van der Waals surface area contributed by atoms with Crippen molar-refractivity contribution in [2.75, 3.05) is 13.2 Å². The molecule has 1 rings (SSSR count). The molecule has 0 aliphatic carbocycles. The molecule has 0 saturated heterocycles. The quantitative estimate of drug-likeness (QED) is 0.649. The molecule has 5 nitrogen and oxygen atoms in total. The predicted molar refractivity (Wildman–Crippen MR) is 89.9 cm³/mol. The Morgan fingerprint density at radius 1 is 1.04 bits per heavy atom. The first-order valence-corrected chi connectivity index (χ1v) is 8.09. The number of benzene rings is 1. The van der Waals surface area contributed by atoms with E-state index in [0.717, 1.165) is 36.1 Å². The molecule has 1 amide bonds. The van der Waals surface area contributed by atoms with Gasteiger partial charge in [0.05, 0.1) is 0 Å². The number of aryl methyl sites for hydroxylation is 3. The first-order chi connectivity index (χ1) is 10.9. The van der Waals surface area contributed by atoms with E-state index in [9.17, 15) is 9.59 Å². The van der Waals surface area contributed by atoms with Crippen molar-refractivity contribution in [1.82, 2.24) is 5.32 Å². The standard InChI is InChI=1S/C18H27NO4/c1-13-10-14(2)18(15(3)11-13)23-12-16(20)19-9-7-5-4-6-8-17(21)22/h10-11H,4-9,12H2,1-3H3,(H,19,20)(H,21,22). The van der Waals surface area contributed by atoms with Gasteiger partial charge in [0, 0.05) is 13.0 Å². The van der Waals surface area contributed by atoms with Crippen LogP contribution in [0.1, 0.15) is 48.8 Å². The number of carboxylic acids is 1. The van der Waals surface area contributed by atoms with Crippen molar-refractivity contribution >= 4 is 11.9 Å². The molecule has 2 N–H and O–H groups in total. The lowest BCUT2D eigenvalue weighted by molar-refractivity contribution is -0.137. The van der Waals surface area contributed by atoms with Crippen LogP contribution in [-0.4, -0.2) is 30.1 Å². The van der Waals surface area contributed by atoms with Crippen molar-refractivity contribution in [3.8, 4) is 5.75 Å². The molecule has 0 bridgehead atoms. The smallest absolute Gasteiger partial charge is 0.303 e. The Bertz CT molecular complexity index is 517. The Balaban J connectivity index is 2.19. The maximum Gasteiger partial charge on any atom is 0.303 e. The van der Waals surface area contributed by atoms with Crippen molar-refractivity contribution < 1.29 is 19.4 Å². The fraction of sp³-hybridized carbons (Fsp3) is 0.556. The molecular formula is C18H27NO4. The molecule has 5 heteroatoms. The summed E-state index contributed by atoms with van der Waals surface area (Å²) in [5, 5.41) is 11.3. The van der Waals surface area contributed by atoms with Crippen LogP contribution in [0.3, 0.4) is 0 Å². The summed E-state index contributed by atoms with van der Waals surface area (Å²) in [7, 11) is 0. The number of ether oxygens (including phenoxy) is 1. The lowest BCUT2D eigenvalue weighted by atomic mass is 10.1. The fourth-order valence-corrected chi connectivity index (χ4v) is 2.57. The Kier molecular flexibility index (Phi) is 8.16. The van der Waals surface area contributed by atoms with Gasteiger partial charge in [0.15, 0.2) is 6.61 Å². The van der Waals surface area contributed by atoms with Crippen LogP contribution in [0.25, 0.3) is 0 Å². The zero-order valence-electron chi connectivity index (χ0n) is 14.3. The van der Waals surface area contributed by atoms with E-state index in [4.69, 9.17) is 9.84 Å². The summed E-state index contributed by atoms with van der Waals surface area (Å²) >= 11 is 0. The first kappa shape index (κ1) is 19.0. The molecule has 0 aliphatic rings. The lowest BCUT2D eigenvalue weighted by Crippen LogP contribution is -2.29. The molecule has 0 heterocycles. The zero-order valence-corrected chi connectivity index (χ0v) is 14.3. The number of rotatable bonds is 10. The van der Waals surface area contributed by atoms with Crippen molar-refractivity contribution in [2.45, 2.75) is 52.9 Å². The number of carboxylic acid groups (broad SMARTS) is 1. The predicted octanol–water partition coefficient (Wildman–Crippen LogP) is 3.14. The summed E-state index contributed by atoms with van der Waals surface area (Å²) in [5.74, 6) is -0.105. The van der Waals surface area contributed by atoms with Crippen molar-refractivity contribution in [2.24, 2.45) is 0 Å². The average molecular weight is 321 g/mol. The molecule has 1 aromatic carbocycles. The molecule has 23 heavy (non-hydrogen) atoms. The molecule has 0 saturated carbocycles. The number of aliphatic carboxylic acids is 1. The molecule has 0 radical (unpaired) electrons. The van der Waals surface area contributed by atoms with Crippen LogP contribution in [0.4, 0.5) is 0 Å². The number of carbonyl (C=O) groups is 2. The van der Waals surface area contributed by atoms with Gasteiger partial charge in [-0.05, 0) is 44.7 Å². The molecule has 0 unspecified atom stereocenters. The Morgan fingerprint density at radius 2 is 1.65 bits per heavy atom. The Hall–Kier alpha value is -2.04. The summed E-state index contributed by atoms with van der Waals surface area (Å²) in [5.41, 5.74) is 3.25. The zero-order chi connectivity index (χ0) is 17.2. The van der Waals surface area contributed by atoms with Gasteiger partial charge in [0.25, 0.3) is 5.91 Å². The molecule has 1 aromatic rings. The highest BCUT2D eigenvalue weighted by molar-refractivity contribution is 5.77. The monoisotopic (exact) mass is 321 g/mol. The summed E-state index contributed by atoms with van der Waals surface area (Å²) in [6.45, 7) is 6.60. The second-order valence-electron chi connectivity index (χ2n) is 5.92. The van der Waals surface area contributed by atoms with Crippen LogP contribution in [-0.2, 0) is 9.59 Å². The third kappa shape index (κ3) is 7.68. The molecule has 0 atom stereocenters. The number of hydrogen-bond acceptors (Lipinski definition) is 3. The van der Waals surface area contributed by atoms with E-state index in [1.54, 1.807) is 0 Å². The number of carbonyl (C=O) groups excluding carboxylic acids is 1. The topological polar surface area (TPSA) is 75.6 Å². The van der Waals surface area contributed by atoms with Gasteiger partial charge in [0.2, 0.25) is 0 Å². The third-order valence-electron chi connectivity index (χ3n) is 3.59. The van der Waals surface area contributed by atoms with Crippen LogP contribution >= 0.6 is 0 Å². The van der Waals surface area contributed by atoms with Crippen molar-refractivity contribution in [3.63, 3.8) is 0 Å². The lowest BCUT2D eigenvalue weighted by Gasteiger charge is -2.13. The number of amides is 1. The Morgan fingerprint density at radius 3 is 2.26 bits per heavy atom. The van der Waals surface area contributed by atoms with E-state index in [0.29, 0.717) is 13.0 Å². The van der Waals surface area contributed by atoms with Crippen molar-refractivity contribution in [1.29, 1.82) is 0 Å². The minimum absolute atomic E-state index is 0.0176. The molecule has 0 spiro atoms. The minimum atomic E-state index is -0.753. The van der Waals surface area contributed by atoms with Crippen LogP contribution in [0.2, 0.25) is 0 Å². The number of unbranched alkanes of at least 4 members (excludes halogenated alkanes) is 3. The average Bonchev–Trinajstić information content (AvgIpc) is 2.44. The van der Waals surface area contributed by atoms with Gasteiger partial charge < -0.3 is 15.2 Å². The molecule has 0 fully saturated rings. The van der Waals surface area contributed by atoms with E-state index in [2.05, 4.69) is 5.32 Å². The molecular weight excluding hydrogens is 294 g/mol. The van der Waals surface area contributed by atoms with E-state index in [-0.39, 0.29) is 18.9 Å². The van der Waals surface area contributed by atoms with Crippen molar-refractivity contribution in [3.05, 3.63) is 28.8 Å². The highest BCUT2D eigenvalue weighted by Crippen LogP contribution is 2.24. The highest BCUT2D eigenvalue weighted by atomic mass is 16.5. The number of nitrogens with one attached hydrogen (secondary N) is 1. The van der Waals surface area contributed by atoms with Gasteiger partial charge in [-0.1, -0.05) is 30.5 Å². The van der Waals surface area contributed by atoms with Gasteiger partial charge >= 0.3 is 5.97 Å². The third-order valence-corrected chi connectivity index (χ3v) is 3.59. The highest BCUT2D eigenvalue weighted by Gasteiger charge is 2.08. The summed E-state index contributed by atoms with van der Waals surface area (Å²) in [4.78, 5) is 22.1. The van der Waals surface area contributed by atoms with Gasteiger partial charge in [0.1, 0.15) is 5.75 Å². The maximum atomic E-state index is 11.8. The van der Waals surface area contributed by atoms with E-state index >= 15 is 0 Å². The molecule has 0 aromatic heterocycles. The van der Waals surface area contributed by atoms with Gasteiger partial charge in [-0.15, -0.1) is 0 Å². The normalized spacial score (nSPS) is 10.4. The second-order valence-corrected chi connectivity index (χ2v) is 5.92. The molecule has 0 aliphatic heterocycles. The fourth-order valence-electron chi connectivity index (χ4n) is 2.57. The van der Waals surface area contributed by atoms with E-state index < -0.39 is 5.97 Å². The minimum Gasteiger partial charge on any atom is -0.483 e.